The SMILES string of the molecule is C[C@@H](NC(=O)CC1CCS(=O)(=O)CC1)C(=O)N[C@H](Cc1ccccc1)C(=O)C(=O)NCc1ccccn1. The number of benzene rings is 1. The predicted molar refractivity (Wildman–Crippen MR) is 137 cm³/mol. The molecule has 2 heterocycles. The molecule has 1 aromatic carbocycles. The summed E-state index contributed by atoms with van der Waals surface area (Å²) in [5.74, 6) is -2.57. The normalized spacial score (nSPS) is 16.7. The molecule has 3 amide bonds. The third-order valence-corrected chi connectivity index (χ3v) is 7.93. The van der Waals surface area contributed by atoms with Crippen LogP contribution in [0, 0.1) is 5.92 Å². The average molecular weight is 529 g/mol. The highest BCUT2D eigenvalue weighted by atomic mass is 32.2. The van der Waals surface area contributed by atoms with E-state index in [1.54, 1.807) is 48.7 Å². The van der Waals surface area contributed by atoms with Crippen LogP contribution >= 0.6 is 0 Å². The van der Waals surface area contributed by atoms with Crippen LogP contribution in [-0.2, 0) is 42.0 Å². The van der Waals surface area contributed by atoms with Crippen LogP contribution < -0.4 is 16.0 Å². The van der Waals surface area contributed by atoms with Crippen LogP contribution in [0.3, 0.4) is 0 Å². The Balaban J connectivity index is 1.58. The van der Waals surface area contributed by atoms with E-state index in [0.717, 1.165) is 5.56 Å². The van der Waals surface area contributed by atoms with Crippen molar-refractivity contribution in [1.29, 1.82) is 0 Å². The molecule has 1 aromatic heterocycles. The van der Waals surface area contributed by atoms with Crippen LogP contribution in [0.15, 0.2) is 54.7 Å². The summed E-state index contributed by atoms with van der Waals surface area (Å²) in [6.07, 6.45) is 2.62. The zero-order valence-corrected chi connectivity index (χ0v) is 21.5. The van der Waals surface area contributed by atoms with E-state index in [1.165, 1.54) is 6.92 Å². The van der Waals surface area contributed by atoms with Gasteiger partial charge in [-0.2, -0.15) is 0 Å². The van der Waals surface area contributed by atoms with Crippen LogP contribution in [0.1, 0.15) is 37.4 Å². The molecule has 198 valence electrons. The van der Waals surface area contributed by atoms with Crippen LogP contribution in [-0.4, -0.2) is 60.5 Å². The van der Waals surface area contributed by atoms with Gasteiger partial charge in [-0.1, -0.05) is 36.4 Å². The summed E-state index contributed by atoms with van der Waals surface area (Å²) in [4.78, 5) is 55.0. The number of hydrogen-bond acceptors (Lipinski definition) is 7. The smallest absolute Gasteiger partial charge is 0.289 e. The lowest BCUT2D eigenvalue weighted by molar-refractivity contribution is -0.140. The Morgan fingerprint density at radius 1 is 0.973 bits per heavy atom. The zero-order valence-electron chi connectivity index (χ0n) is 20.7. The molecule has 1 aliphatic heterocycles. The molecule has 2 atom stereocenters. The minimum Gasteiger partial charge on any atom is -0.345 e. The largest absolute Gasteiger partial charge is 0.345 e. The number of pyridine rings is 1. The first-order valence-electron chi connectivity index (χ1n) is 12.2. The number of aromatic nitrogens is 1. The van der Waals surface area contributed by atoms with Gasteiger partial charge < -0.3 is 16.0 Å². The van der Waals surface area contributed by atoms with Crippen molar-refractivity contribution in [1.82, 2.24) is 20.9 Å². The lowest BCUT2D eigenvalue weighted by Gasteiger charge is -2.23. The van der Waals surface area contributed by atoms with E-state index in [4.69, 9.17) is 0 Å². The second-order valence-corrected chi connectivity index (χ2v) is 11.5. The fraction of sp³-hybridized carbons (Fsp3) is 0.423. The summed E-state index contributed by atoms with van der Waals surface area (Å²) in [7, 11) is -3.03. The Bertz CT molecular complexity index is 1190. The van der Waals surface area contributed by atoms with Gasteiger partial charge in [0.1, 0.15) is 21.9 Å². The van der Waals surface area contributed by atoms with Gasteiger partial charge in [-0.05, 0) is 43.4 Å². The van der Waals surface area contributed by atoms with E-state index in [9.17, 15) is 27.6 Å². The Morgan fingerprint density at radius 2 is 1.65 bits per heavy atom. The molecule has 11 heteroatoms. The topological polar surface area (TPSA) is 151 Å². The summed E-state index contributed by atoms with van der Waals surface area (Å²) in [5, 5.41) is 7.75. The number of Topliss-reactive ketones (excluding diaryl/α,β-unsaturated/α-hetero) is 1. The first-order chi connectivity index (χ1) is 17.6. The molecule has 0 spiro atoms. The number of carbonyl (C=O) groups excluding carboxylic acids is 4. The number of sulfone groups is 1. The van der Waals surface area contributed by atoms with Gasteiger partial charge in [0.25, 0.3) is 5.91 Å². The van der Waals surface area contributed by atoms with Crippen molar-refractivity contribution in [3.05, 3.63) is 66.0 Å². The molecule has 0 bridgehead atoms. The summed E-state index contributed by atoms with van der Waals surface area (Å²) in [5.41, 5.74) is 1.34. The number of nitrogens with zero attached hydrogens (tertiary/aromatic N) is 1. The Hall–Kier alpha value is -3.60. The molecule has 0 aliphatic carbocycles. The zero-order chi connectivity index (χ0) is 26.8. The fourth-order valence-corrected chi connectivity index (χ4v) is 5.63. The predicted octanol–water partition coefficient (Wildman–Crippen LogP) is 0.714. The van der Waals surface area contributed by atoms with Gasteiger partial charge in [-0.15, -0.1) is 0 Å². The molecule has 37 heavy (non-hydrogen) atoms. The summed E-state index contributed by atoms with van der Waals surface area (Å²) < 4.78 is 23.2. The number of hydrogen-bond donors (Lipinski definition) is 3. The monoisotopic (exact) mass is 528 g/mol. The molecular formula is C26H32N4O6S. The lowest BCUT2D eigenvalue weighted by Crippen LogP contribution is -2.53. The molecule has 0 unspecified atom stereocenters. The highest BCUT2D eigenvalue weighted by molar-refractivity contribution is 7.91. The van der Waals surface area contributed by atoms with Crippen molar-refractivity contribution in [3.63, 3.8) is 0 Å². The third kappa shape index (κ3) is 9.09. The number of rotatable bonds is 11. The van der Waals surface area contributed by atoms with Crippen molar-refractivity contribution in [2.24, 2.45) is 5.92 Å². The van der Waals surface area contributed by atoms with E-state index < -0.39 is 39.5 Å². The van der Waals surface area contributed by atoms with Gasteiger partial charge in [-0.25, -0.2) is 8.42 Å². The highest BCUT2D eigenvalue weighted by Gasteiger charge is 2.30. The maximum atomic E-state index is 13.0. The summed E-state index contributed by atoms with van der Waals surface area (Å²) >= 11 is 0. The van der Waals surface area contributed by atoms with Gasteiger partial charge in [0.15, 0.2) is 0 Å². The van der Waals surface area contributed by atoms with E-state index in [1.807, 2.05) is 6.07 Å². The van der Waals surface area contributed by atoms with Crippen molar-refractivity contribution in [2.45, 2.75) is 51.2 Å². The molecule has 1 aliphatic rings. The molecule has 0 radical (unpaired) electrons. The first kappa shape index (κ1) is 28.0. The maximum absolute atomic E-state index is 13.0. The molecular weight excluding hydrogens is 496 g/mol. The molecule has 1 saturated heterocycles. The molecule has 1 fully saturated rings. The van der Waals surface area contributed by atoms with Gasteiger partial charge in [0, 0.05) is 19.0 Å². The third-order valence-electron chi connectivity index (χ3n) is 6.21. The van der Waals surface area contributed by atoms with Crippen molar-refractivity contribution < 1.29 is 27.6 Å². The van der Waals surface area contributed by atoms with E-state index in [-0.39, 0.29) is 42.7 Å². The van der Waals surface area contributed by atoms with Gasteiger partial charge >= 0.3 is 0 Å². The second kappa shape index (κ2) is 13.1. The minimum absolute atomic E-state index is 0.0611. The number of carbonyl (C=O) groups is 4. The second-order valence-electron chi connectivity index (χ2n) is 9.21. The Kier molecular flexibility index (Phi) is 9.90. The van der Waals surface area contributed by atoms with Crippen molar-refractivity contribution >= 4 is 33.3 Å². The van der Waals surface area contributed by atoms with Crippen LogP contribution in [0.25, 0.3) is 0 Å². The van der Waals surface area contributed by atoms with E-state index in [2.05, 4.69) is 20.9 Å². The number of ketones is 1. The van der Waals surface area contributed by atoms with Crippen molar-refractivity contribution in [3.8, 4) is 0 Å². The summed E-state index contributed by atoms with van der Waals surface area (Å²) in [6, 6.07) is 12.1. The van der Waals surface area contributed by atoms with E-state index in [0.29, 0.717) is 18.5 Å². The quantitative estimate of drug-likeness (QED) is 0.363. The van der Waals surface area contributed by atoms with Crippen LogP contribution in [0.5, 0.6) is 0 Å². The lowest BCUT2D eigenvalue weighted by atomic mass is 9.98. The maximum Gasteiger partial charge on any atom is 0.289 e. The molecule has 0 saturated carbocycles. The molecule has 3 rings (SSSR count). The highest BCUT2D eigenvalue weighted by Crippen LogP contribution is 2.21. The van der Waals surface area contributed by atoms with Crippen molar-refractivity contribution in [2.75, 3.05) is 11.5 Å². The van der Waals surface area contributed by atoms with Gasteiger partial charge in [-0.3, -0.25) is 24.2 Å². The molecule has 3 N–H and O–H groups in total. The first-order valence-corrected chi connectivity index (χ1v) is 14.0. The van der Waals surface area contributed by atoms with Gasteiger partial charge in [0.2, 0.25) is 17.6 Å². The number of amides is 3. The summed E-state index contributed by atoms with van der Waals surface area (Å²) in [6.45, 7) is 1.55. The Morgan fingerprint density at radius 3 is 2.30 bits per heavy atom. The van der Waals surface area contributed by atoms with Crippen LogP contribution in [0.4, 0.5) is 0 Å². The molecule has 2 aromatic rings. The van der Waals surface area contributed by atoms with Crippen LogP contribution in [0.2, 0.25) is 0 Å². The number of nitrogens with one attached hydrogen (secondary N) is 3. The van der Waals surface area contributed by atoms with Gasteiger partial charge in [0.05, 0.1) is 23.7 Å². The Labute approximate surface area is 216 Å². The van der Waals surface area contributed by atoms with E-state index >= 15 is 0 Å². The minimum atomic E-state index is -3.03. The average Bonchev–Trinajstić information content (AvgIpc) is 2.88. The molecule has 10 nitrogen and oxygen atoms in total. The standard InChI is InChI=1S/C26H32N4O6S/c1-18(29-23(31)16-20-10-13-37(35,36)14-11-20)25(33)30-22(15-19-7-3-2-4-8-19)24(32)26(34)28-17-21-9-5-6-12-27-21/h2-9,12,18,20,22H,10-11,13-17H2,1H3,(H,28,34)(H,29,31)(H,30,33)/t18-,22-/m1/s1. The fourth-order valence-electron chi connectivity index (χ4n) is 4.05.